The number of carbonyl (C=O) groups excluding carboxylic acids is 2. The molecule has 100 valence electrons. The van der Waals surface area contributed by atoms with Crippen molar-refractivity contribution < 1.29 is 14.3 Å². The van der Waals surface area contributed by atoms with Crippen molar-refractivity contribution in [2.24, 2.45) is 12.5 Å². The smallest absolute Gasteiger partial charge is 0.328 e. The number of rotatable bonds is 5. The van der Waals surface area contributed by atoms with E-state index in [1.165, 1.54) is 29.2 Å². The Kier molecular flexibility index (Phi) is 4.11. The summed E-state index contributed by atoms with van der Waals surface area (Å²) in [7, 11) is 1.60. The van der Waals surface area contributed by atoms with Crippen LogP contribution < -0.4 is 5.69 Å². The molecular formula is C12H18N2O4. The maximum atomic E-state index is 12.0. The van der Waals surface area contributed by atoms with Gasteiger partial charge in [-0.3, -0.25) is 14.2 Å². The highest BCUT2D eigenvalue weighted by Crippen LogP contribution is 2.19. The molecule has 0 saturated carbocycles. The number of Topliss-reactive ketones (excluding diaryl/α,β-unsaturated/α-hetero) is 1. The van der Waals surface area contributed by atoms with E-state index >= 15 is 0 Å². The minimum atomic E-state index is -1.24. The van der Waals surface area contributed by atoms with Crippen molar-refractivity contribution in [3.8, 4) is 0 Å². The zero-order chi connectivity index (χ0) is 13.9. The fourth-order valence-corrected chi connectivity index (χ4v) is 1.41. The average molecular weight is 254 g/mol. The molecule has 0 aromatic carbocycles. The van der Waals surface area contributed by atoms with Gasteiger partial charge in [-0.15, -0.1) is 0 Å². The second-order valence-electron chi connectivity index (χ2n) is 4.59. The van der Waals surface area contributed by atoms with Crippen LogP contribution in [0.3, 0.4) is 0 Å². The van der Waals surface area contributed by atoms with Crippen LogP contribution in [-0.4, -0.2) is 27.5 Å². The van der Waals surface area contributed by atoms with E-state index in [1.54, 1.807) is 20.2 Å². The molecule has 0 radical (unpaired) electrons. The van der Waals surface area contributed by atoms with Gasteiger partial charge in [0, 0.05) is 19.4 Å². The molecule has 6 nitrogen and oxygen atoms in total. The van der Waals surface area contributed by atoms with Crippen LogP contribution in [0, 0.1) is 5.41 Å². The molecule has 6 heteroatoms. The maximum Gasteiger partial charge on any atom is 0.328 e. The molecule has 0 unspecified atom stereocenters. The first-order valence-electron chi connectivity index (χ1n) is 5.73. The third kappa shape index (κ3) is 2.69. The largest absolute Gasteiger partial charge is 0.465 e. The van der Waals surface area contributed by atoms with Gasteiger partial charge in [-0.1, -0.05) is 0 Å². The first kappa shape index (κ1) is 14.2. The summed E-state index contributed by atoms with van der Waals surface area (Å²) in [6, 6.07) is 0. The van der Waals surface area contributed by atoms with Crippen LogP contribution in [0.4, 0.5) is 0 Å². The summed E-state index contributed by atoms with van der Waals surface area (Å²) >= 11 is 0. The Morgan fingerprint density at radius 3 is 2.39 bits per heavy atom. The van der Waals surface area contributed by atoms with E-state index in [4.69, 9.17) is 4.74 Å². The minimum Gasteiger partial charge on any atom is -0.465 e. The molecule has 1 heterocycles. The monoisotopic (exact) mass is 254 g/mol. The molecule has 1 aromatic rings. The highest BCUT2D eigenvalue weighted by Gasteiger charge is 2.37. The molecule has 1 rings (SSSR count). The number of aryl methyl sites for hydroxylation is 1. The summed E-state index contributed by atoms with van der Waals surface area (Å²) in [4.78, 5) is 35.3. The normalized spacial score (nSPS) is 11.3. The van der Waals surface area contributed by atoms with E-state index in [1.807, 2.05) is 0 Å². The Morgan fingerprint density at radius 1 is 1.33 bits per heavy atom. The predicted octanol–water partition coefficient (Wildman–Crippen LogP) is 0.345. The van der Waals surface area contributed by atoms with Crippen molar-refractivity contribution >= 4 is 11.8 Å². The summed E-state index contributed by atoms with van der Waals surface area (Å²) < 4.78 is 7.48. The lowest BCUT2D eigenvalue weighted by molar-refractivity contribution is -0.158. The molecule has 0 aliphatic rings. The van der Waals surface area contributed by atoms with Crippen LogP contribution in [0.5, 0.6) is 0 Å². The summed E-state index contributed by atoms with van der Waals surface area (Å²) in [6.45, 7) is 4.77. The van der Waals surface area contributed by atoms with Crippen molar-refractivity contribution in [1.82, 2.24) is 9.13 Å². The number of esters is 1. The lowest BCUT2D eigenvalue weighted by atomic mass is 9.88. The van der Waals surface area contributed by atoms with E-state index in [0.29, 0.717) is 0 Å². The molecule has 0 amide bonds. The number of ether oxygens (including phenoxy) is 1. The highest BCUT2D eigenvalue weighted by atomic mass is 16.5. The van der Waals surface area contributed by atoms with Gasteiger partial charge in [0.15, 0.2) is 5.78 Å². The molecule has 0 saturated heterocycles. The Hall–Kier alpha value is -1.85. The standard InChI is InChI=1S/C12H18N2O4/c1-5-18-10(16)12(2,3)9(15)8-14-7-6-13(4)11(14)17/h6-7H,5,8H2,1-4H3. The van der Waals surface area contributed by atoms with Gasteiger partial charge in [0.25, 0.3) is 0 Å². The first-order valence-corrected chi connectivity index (χ1v) is 5.73. The van der Waals surface area contributed by atoms with Gasteiger partial charge in [-0.05, 0) is 20.8 Å². The molecule has 0 bridgehead atoms. The van der Waals surface area contributed by atoms with Crippen molar-refractivity contribution in [1.29, 1.82) is 0 Å². The molecular weight excluding hydrogens is 236 g/mol. The number of ketones is 1. The van der Waals surface area contributed by atoms with Gasteiger partial charge in [0.1, 0.15) is 5.41 Å². The van der Waals surface area contributed by atoms with Crippen LogP contribution in [0.15, 0.2) is 17.2 Å². The molecule has 18 heavy (non-hydrogen) atoms. The van der Waals surface area contributed by atoms with Crippen LogP contribution >= 0.6 is 0 Å². The number of hydrogen-bond acceptors (Lipinski definition) is 4. The predicted molar refractivity (Wildman–Crippen MR) is 65.1 cm³/mol. The van der Waals surface area contributed by atoms with Crippen molar-refractivity contribution in [3.63, 3.8) is 0 Å². The molecule has 0 atom stereocenters. The SMILES string of the molecule is CCOC(=O)C(C)(C)C(=O)Cn1ccn(C)c1=O. The highest BCUT2D eigenvalue weighted by molar-refractivity contribution is 6.02. The van der Waals surface area contributed by atoms with Gasteiger partial charge >= 0.3 is 11.7 Å². The van der Waals surface area contributed by atoms with Gasteiger partial charge in [0.2, 0.25) is 0 Å². The minimum absolute atomic E-state index is 0.133. The number of carbonyl (C=O) groups is 2. The van der Waals surface area contributed by atoms with Crippen molar-refractivity contribution in [3.05, 3.63) is 22.9 Å². The summed E-state index contributed by atoms with van der Waals surface area (Å²) in [5.41, 5.74) is -1.53. The van der Waals surface area contributed by atoms with Gasteiger partial charge in [-0.2, -0.15) is 0 Å². The Labute approximate surface area is 105 Å². The van der Waals surface area contributed by atoms with Gasteiger partial charge in [-0.25, -0.2) is 4.79 Å². The summed E-state index contributed by atoms with van der Waals surface area (Å²) in [6.07, 6.45) is 3.08. The fraction of sp³-hybridized carbons (Fsp3) is 0.583. The van der Waals surface area contributed by atoms with E-state index in [2.05, 4.69) is 0 Å². The number of nitrogens with zero attached hydrogens (tertiary/aromatic N) is 2. The Morgan fingerprint density at radius 2 is 1.94 bits per heavy atom. The second-order valence-corrected chi connectivity index (χ2v) is 4.59. The van der Waals surface area contributed by atoms with E-state index in [-0.39, 0.29) is 24.6 Å². The second kappa shape index (κ2) is 5.20. The average Bonchev–Trinajstić information content (AvgIpc) is 2.61. The van der Waals surface area contributed by atoms with Crippen molar-refractivity contribution in [2.75, 3.05) is 6.61 Å². The van der Waals surface area contributed by atoms with E-state index in [0.717, 1.165) is 0 Å². The molecule has 0 fully saturated rings. The number of aromatic nitrogens is 2. The number of imidazole rings is 1. The summed E-state index contributed by atoms with van der Waals surface area (Å²) in [5, 5.41) is 0. The first-order chi connectivity index (χ1) is 8.30. The Bertz CT molecular complexity index is 510. The van der Waals surface area contributed by atoms with Crippen LogP contribution in [0.25, 0.3) is 0 Å². The van der Waals surface area contributed by atoms with Crippen LogP contribution in [0.1, 0.15) is 20.8 Å². The molecule has 0 aliphatic heterocycles. The topological polar surface area (TPSA) is 70.3 Å². The lowest BCUT2D eigenvalue weighted by Gasteiger charge is -2.20. The third-order valence-corrected chi connectivity index (χ3v) is 2.81. The zero-order valence-electron chi connectivity index (χ0n) is 11.1. The molecule has 0 aliphatic carbocycles. The van der Waals surface area contributed by atoms with Crippen molar-refractivity contribution in [2.45, 2.75) is 27.3 Å². The van der Waals surface area contributed by atoms with Gasteiger partial charge < -0.3 is 9.30 Å². The fourth-order valence-electron chi connectivity index (χ4n) is 1.41. The Balaban J connectivity index is 2.85. The quantitative estimate of drug-likeness (QED) is 0.561. The lowest BCUT2D eigenvalue weighted by Crippen LogP contribution is -2.39. The van der Waals surface area contributed by atoms with Crippen LogP contribution in [-0.2, 0) is 27.9 Å². The third-order valence-electron chi connectivity index (χ3n) is 2.81. The molecule has 1 aromatic heterocycles. The maximum absolute atomic E-state index is 12.0. The summed E-state index contributed by atoms with van der Waals surface area (Å²) in [5.74, 6) is -0.923. The molecule has 0 N–H and O–H groups in total. The van der Waals surface area contributed by atoms with Crippen LogP contribution in [0.2, 0.25) is 0 Å². The number of hydrogen-bond donors (Lipinski definition) is 0. The van der Waals surface area contributed by atoms with E-state index < -0.39 is 11.4 Å². The van der Waals surface area contributed by atoms with E-state index in [9.17, 15) is 14.4 Å². The van der Waals surface area contributed by atoms with Gasteiger partial charge in [0.05, 0.1) is 13.2 Å². The molecule has 0 spiro atoms. The zero-order valence-corrected chi connectivity index (χ0v) is 11.1.